The zero-order valence-corrected chi connectivity index (χ0v) is 12.9. The van der Waals surface area contributed by atoms with Crippen LogP contribution in [0.15, 0.2) is 18.2 Å². The summed E-state index contributed by atoms with van der Waals surface area (Å²) in [6, 6.07) is 6.36. The van der Waals surface area contributed by atoms with Crippen molar-refractivity contribution in [1.82, 2.24) is 9.97 Å². The van der Waals surface area contributed by atoms with E-state index in [1.807, 2.05) is 0 Å². The van der Waals surface area contributed by atoms with E-state index in [1.54, 1.807) is 0 Å². The molecule has 88 valence electrons. The van der Waals surface area contributed by atoms with Gasteiger partial charge in [0.25, 0.3) is 0 Å². The highest BCUT2D eigenvalue weighted by molar-refractivity contribution is 9.09. The predicted molar refractivity (Wildman–Crippen MR) is 81.9 cm³/mol. The van der Waals surface area contributed by atoms with E-state index >= 15 is 0 Å². The lowest BCUT2D eigenvalue weighted by Crippen LogP contribution is -1.99. The summed E-state index contributed by atoms with van der Waals surface area (Å²) in [4.78, 5) is 9.29. The van der Waals surface area contributed by atoms with Gasteiger partial charge in [-0.25, -0.2) is 9.97 Å². The van der Waals surface area contributed by atoms with Gasteiger partial charge in [0, 0.05) is 10.7 Å². The van der Waals surface area contributed by atoms with Gasteiger partial charge >= 0.3 is 0 Å². The molecule has 2 rings (SSSR count). The molecule has 0 amide bonds. The normalized spacial score (nSPS) is 10.9. The molecule has 0 aliphatic carbocycles. The molecule has 2 nitrogen and oxygen atoms in total. The van der Waals surface area contributed by atoms with E-state index in [0.717, 1.165) is 45.8 Å². The van der Waals surface area contributed by atoms with Gasteiger partial charge in [-0.2, -0.15) is 0 Å². The van der Waals surface area contributed by atoms with Crippen LogP contribution in [-0.4, -0.2) is 17.8 Å². The molecule has 0 atom stereocenters. The first-order valence-electron chi connectivity index (χ1n) is 5.68. The predicted octanol–water partition coefficient (Wildman–Crippen LogP) is 3.01. The number of aromatic nitrogens is 2. The van der Waals surface area contributed by atoms with Crippen LogP contribution < -0.4 is 0 Å². The standard InChI is InChI=1S/C12H13BBr2N2/c13-4-3-8-1-2-9-10(5-8)17-12(7-15)11(6-14)16-9/h1-2,5H,3-4,6-7,13H2. The fourth-order valence-electron chi connectivity index (χ4n) is 1.83. The van der Waals surface area contributed by atoms with Crippen molar-refractivity contribution in [2.45, 2.75) is 23.4 Å². The fourth-order valence-corrected chi connectivity index (χ4v) is 2.73. The first-order valence-corrected chi connectivity index (χ1v) is 7.93. The van der Waals surface area contributed by atoms with Crippen LogP contribution in [0.2, 0.25) is 6.32 Å². The number of halogens is 2. The van der Waals surface area contributed by atoms with Crippen molar-refractivity contribution >= 4 is 50.7 Å². The molecule has 0 aliphatic rings. The van der Waals surface area contributed by atoms with Crippen LogP contribution in [0.1, 0.15) is 17.0 Å². The summed E-state index contributed by atoms with van der Waals surface area (Å²) in [5, 5.41) is 1.49. The second kappa shape index (κ2) is 5.96. The van der Waals surface area contributed by atoms with Crippen molar-refractivity contribution in [2.75, 3.05) is 0 Å². The Morgan fingerprint density at radius 2 is 1.65 bits per heavy atom. The topological polar surface area (TPSA) is 25.8 Å². The molecule has 0 aliphatic heterocycles. The maximum atomic E-state index is 4.67. The SMILES string of the molecule is BCCc1ccc2nc(CBr)c(CBr)nc2c1. The minimum atomic E-state index is 0.744. The van der Waals surface area contributed by atoms with Gasteiger partial charge in [0.15, 0.2) is 0 Å². The molecule has 0 saturated carbocycles. The van der Waals surface area contributed by atoms with Crippen LogP contribution in [0.4, 0.5) is 0 Å². The molecule has 0 bridgehead atoms. The summed E-state index contributed by atoms with van der Waals surface area (Å²) < 4.78 is 0. The number of alkyl halides is 2. The van der Waals surface area contributed by atoms with Gasteiger partial charge in [0.05, 0.1) is 22.4 Å². The van der Waals surface area contributed by atoms with Gasteiger partial charge in [0.2, 0.25) is 0 Å². The minimum absolute atomic E-state index is 0.744. The zero-order valence-electron chi connectivity index (χ0n) is 9.71. The maximum absolute atomic E-state index is 4.67. The third kappa shape index (κ3) is 2.88. The van der Waals surface area contributed by atoms with Gasteiger partial charge in [0.1, 0.15) is 7.85 Å². The van der Waals surface area contributed by atoms with E-state index in [9.17, 15) is 0 Å². The highest BCUT2D eigenvalue weighted by Crippen LogP contribution is 2.19. The maximum Gasteiger partial charge on any atom is 0.101 e. The van der Waals surface area contributed by atoms with E-state index < -0.39 is 0 Å². The molecule has 0 unspecified atom stereocenters. The van der Waals surface area contributed by atoms with Crippen molar-refractivity contribution < 1.29 is 0 Å². The summed E-state index contributed by atoms with van der Waals surface area (Å²) in [5.41, 5.74) is 5.33. The molecular weight excluding hydrogens is 343 g/mol. The Labute approximate surface area is 119 Å². The number of benzene rings is 1. The van der Waals surface area contributed by atoms with Crippen molar-refractivity contribution in [3.63, 3.8) is 0 Å². The number of nitrogens with zero attached hydrogens (tertiary/aromatic N) is 2. The zero-order chi connectivity index (χ0) is 12.3. The van der Waals surface area contributed by atoms with Crippen LogP contribution in [0.25, 0.3) is 11.0 Å². The van der Waals surface area contributed by atoms with Crippen LogP contribution in [-0.2, 0) is 17.1 Å². The lowest BCUT2D eigenvalue weighted by atomic mass is 9.97. The third-order valence-electron chi connectivity index (χ3n) is 2.68. The summed E-state index contributed by atoms with van der Waals surface area (Å²) in [6.45, 7) is 0. The van der Waals surface area contributed by atoms with Crippen molar-refractivity contribution in [3.8, 4) is 0 Å². The number of hydrogen-bond acceptors (Lipinski definition) is 2. The average molecular weight is 356 g/mol. The summed E-state index contributed by atoms with van der Waals surface area (Å²) in [7, 11) is 2.19. The first kappa shape index (κ1) is 13.0. The fraction of sp³-hybridized carbons (Fsp3) is 0.333. The monoisotopic (exact) mass is 354 g/mol. The van der Waals surface area contributed by atoms with Crippen molar-refractivity contribution in [2.24, 2.45) is 0 Å². The summed E-state index contributed by atoms with van der Waals surface area (Å²) >= 11 is 6.91. The molecule has 0 spiro atoms. The molecule has 2 aromatic rings. The molecular formula is C12H13BBr2N2. The Kier molecular flexibility index (Phi) is 4.57. The van der Waals surface area contributed by atoms with Gasteiger partial charge in [-0.1, -0.05) is 44.2 Å². The third-order valence-corrected chi connectivity index (χ3v) is 3.74. The van der Waals surface area contributed by atoms with E-state index in [0.29, 0.717) is 0 Å². The molecule has 5 heteroatoms. The van der Waals surface area contributed by atoms with Gasteiger partial charge in [-0.3, -0.25) is 0 Å². The Morgan fingerprint density at radius 3 is 2.24 bits per heavy atom. The molecule has 0 fully saturated rings. The molecule has 1 aromatic carbocycles. The van der Waals surface area contributed by atoms with Gasteiger partial charge in [-0.15, -0.1) is 0 Å². The Hall–Kier alpha value is -0.415. The lowest BCUT2D eigenvalue weighted by Gasteiger charge is -2.06. The van der Waals surface area contributed by atoms with Gasteiger partial charge < -0.3 is 0 Å². The van der Waals surface area contributed by atoms with Crippen molar-refractivity contribution in [3.05, 3.63) is 35.2 Å². The molecule has 0 radical (unpaired) electrons. The Morgan fingerprint density at radius 1 is 1.00 bits per heavy atom. The smallest absolute Gasteiger partial charge is 0.101 e. The minimum Gasteiger partial charge on any atom is -0.248 e. The lowest BCUT2D eigenvalue weighted by molar-refractivity contribution is 1.07. The number of aryl methyl sites for hydroxylation is 1. The highest BCUT2D eigenvalue weighted by Gasteiger charge is 2.07. The molecule has 0 saturated heterocycles. The van der Waals surface area contributed by atoms with Crippen LogP contribution in [0.5, 0.6) is 0 Å². The largest absolute Gasteiger partial charge is 0.248 e. The average Bonchev–Trinajstić information content (AvgIpc) is 2.37. The van der Waals surface area contributed by atoms with E-state index in [-0.39, 0.29) is 0 Å². The summed E-state index contributed by atoms with van der Waals surface area (Å²) in [6.07, 6.45) is 2.26. The quantitative estimate of drug-likeness (QED) is 0.622. The van der Waals surface area contributed by atoms with E-state index in [1.165, 1.54) is 5.56 Å². The molecule has 1 aromatic heterocycles. The number of rotatable bonds is 4. The second-order valence-electron chi connectivity index (χ2n) is 3.96. The Bertz CT molecular complexity index is 531. The Balaban J connectivity index is 2.54. The van der Waals surface area contributed by atoms with Crippen LogP contribution >= 0.6 is 31.9 Å². The highest BCUT2D eigenvalue weighted by atomic mass is 79.9. The van der Waals surface area contributed by atoms with Crippen molar-refractivity contribution in [1.29, 1.82) is 0 Å². The van der Waals surface area contributed by atoms with Crippen LogP contribution in [0, 0.1) is 0 Å². The first-order chi connectivity index (χ1) is 8.28. The second-order valence-corrected chi connectivity index (χ2v) is 5.08. The molecule has 1 heterocycles. The number of fused-ring (bicyclic) bond motifs is 1. The van der Waals surface area contributed by atoms with Crippen LogP contribution in [0.3, 0.4) is 0 Å². The van der Waals surface area contributed by atoms with E-state index in [2.05, 4.69) is 67.9 Å². The number of hydrogen-bond donors (Lipinski definition) is 0. The molecule has 17 heavy (non-hydrogen) atoms. The van der Waals surface area contributed by atoms with Gasteiger partial charge in [-0.05, 0) is 24.1 Å². The summed E-state index contributed by atoms with van der Waals surface area (Å²) in [5.74, 6) is 0. The van der Waals surface area contributed by atoms with E-state index in [4.69, 9.17) is 0 Å². The molecule has 0 N–H and O–H groups in total.